The number of hydrogen-bond acceptors (Lipinski definition) is 4. The largest absolute Gasteiger partial charge is 0.393 e. The number of anilines is 2. The van der Waals surface area contributed by atoms with Crippen LogP contribution in [0.5, 0.6) is 0 Å². The molecule has 88 valence electrons. The topological polar surface area (TPSA) is 71.2 Å². The summed E-state index contributed by atoms with van der Waals surface area (Å²) in [6.07, 6.45) is 5.84. The van der Waals surface area contributed by atoms with Crippen molar-refractivity contribution in [1.82, 2.24) is 4.98 Å². The van der Waals surface area contributed by atoms with Gasteiger partial charge in [-0.2, -0.15) is 0 Å². The second-order valence-electron chi connectivity index (χ2n) is 4.54. The first kappa shape index (κ1) is 11.2. The van der Waals surface area contributed by atoms with Crippen LogP contribution in [0.4, 0.5) is 11.5 Å². The number of pyridine rings is 1. The highest BCUT2D eigenvalue weighted by molar-refractivity contribution is 5.45. The standard InChI is InChI=1S/C12H19N3O/c13-12-5-4-10(8-15-12)14-7-9-2-1-3-11(16)6-9/h4-5,8-9,11,14,16H,1-3,6-7H2,(H2,13,15). The lowest BCUT2D eigenvalue weighted by atomic mass is 9.87. The molecule has 4 heteroatoms. The van der Waals surface area contributed by atoms with Crippen LogP contribution in [0, 0.1) is 5.92 Å². The van der Waals surface area contributed by atoms with Gasteiger partial charge in [-0.15, -0.1) is 0 Å². The maximum atomic E-state index is 9.56. The predicted octanol–water partition coefficient (Wildman–Crippen LogP) is 1.63. The van der Waals surface area contributed by atoms with Gasteiger partial charge in [0, 0.05) is 6.54 Å². The lowest BCUT2D eigenvalue weighted by molar-refractivity contribution is 0.105. The second kappa shape index (κ2) is 5.16. The highest BCUT2D eigenvalue weighted by Gasteiger charge is 2.19. The summed E-state index contributed by atoms with van der Waals surface area (Å²) in [5.41, 5.74) is 6.51. The molecule has 1 heterocycles. The van der Waals surface area contributed by atoms with Crippen molar-refractivity contribution in [2.75, 3.05) is 17.6 Å². The number of nitrogens with zero attached hydrogens (tertiary/aromatic N) is 1. The van der Waals surface area contributed by atoms with E-state index in [-0.39, 0.29) is 6.10 Å². The fourth-order valence-corrected chi connectivity index (χ4v) is 2.22. The van der Waals surface area contributed by atoms with E-state index in [1.54, 1.807) is 12.3 Å². The van der Waals surface area contributed by atoms with Crippen LogP contribution in [0.15, 0.2) is 18.3 Å². The first-order valence-corrected chi connectivity index (χ1v) is 5.87. The van der Waals surface area contributed by atoms with Crippen LogP contribution in [0.3, 0.4) is 0 Å². The molecule has 0 amide bonds. The number of nitrogens with one attached hydrogen (secondary N) is 1. The summed E-state index contributed by atoms with van der Waals surface area (Å²) in [5, 5.41) is 12.9. The van der Waals surface area contributed by atoms with Crippen molar-refractivity contribution >= 4 is 11.5 Å². The molecule has 0 spiro atoms. The van der Waals surface area contributed by atoms with Gasteiger partial charge in [0.2, 0.25) is 0 Å². The Kier molecular flexibility index (Phi) is 3.62. The Bertz CT molecular complexity index is 326. The van der Waals surface area contributed by atoms with Gasteiger partial charge < -0.3 is 16.2 Å². The number of rotatable bonds is 3. The number of aromatic nitrogens is 1. The fourth-order valence-electron chi connectivity index (χ4n) is 2.22. The van der Waals surface area contributed by atoms with E-state index >= 15 is 0 Å². The van der Waals surface area contributed by atoms with Gasteiger partial charge in [-0.3, -0.25) is 0 Å². The zero-order chi connectivity index (χ0) is 11.4. The van der Waals surface area contributed by atoms with Gasteiger partial charge in [-0.1, -0.05) is 6.42 Å². The summed E-state index contributed by atoms with van der Waals surface area (Å²) in [6.45, 7) is 0.905. The number of aliphatic hydroxyl groups is 1. The summed E-state index contributed by atoms with van der Waals surface area (Å²) in [7, 11) is 0. The Hall–Kier alpha value is -1.29. The number of aliphatic hydroxyl groups excluding tert-OH is 1. The van der Waals surface area contributed by atoms with E-state index in [0.717, 1.165) is 31.5 Å². The van der Waals surface area contributed by atoms with Gasteiger partial charge in [0.1, 0.15) is 5.82 Å². The molecule has 1 aliphatic carbocycles. The van der Waals surface area contributed by atoms with Crippen molar-refractivity contribution in [1.29, 1.82) is 0 Å². The Morgan fingerprint density at radius 2 is 2.31 bits per heavy atom. The van der Waals surface area contributed by atoms with E-state index in [4.69, 9.17) is 5.73 Å². The Morgan fingerprint density at radius 1 is 1.44 bits per heavy atom. The molecule has 1 fully saturated rings. The Morgan fingerprint density at radius 3 is 3.00 bits per heavy atom. The molecular weight excluding hydrogens is 202 g/mol. The molecule has 1 aromatic heterocycles. The highest BCUT2D eigenvalue weighted by atomic mass is 16.3. The molecule has 16 heavy (non-hydrogen) atoms. The maximum Gasteiger partial charge on any atom is 0.123 e. The lowest BCUT2D eigenvalue weighted by Crippen LogP contribution is -2.25. The molecule has 0 saturated heterocycles. The van der Waals surface area contributed by atoms with Gasteiger partial charge in [0.25, 0.3) is 0 Å². The van der Waals surface area contributed by atoms with Crippen LogP contribution in [0.1, 0.15) is 25.7 Å². The third-order valence-electron chi connectivity index (χ3n) is 3.14. The molecule has 4 nitrogen and oxygen atoms in total. The first-order chi connectivity index (χ1) is 7.74. The van der Waals surface area contributed by atoms with Crippen molar-refractivity contribution in [3.8, 4) is 0 Å². The van der Waals surface area contributed by atoms with Crippen LogP contribution in [0.2, 0.25) is 0 Å². The molecule has 2 atom stereocenters. The number of nitrogen functional groups attached to an aromatic ring is 1. The molecule has 4 N–H and O–H groups in total. The molecule has 2 rings (SSSR count). The van der Waals surface area contributed by atoms with Crippen molar-refractivity contribution in [3.05, 3.63) is 18.3 Å². The average molecular weight is 221 g/mol. The van der Waals surface area contributed by atoms with Crippen LogP contribution in [-0.4, -0.2) is 22.7 Å². The molecule has 1 saturated carbocycles. The third-order valence-corrected chi connectivity index (χ3v) is 3.14. The Balaban J connectivity index is 1.80. The van der Waals surface area contributed by atoms with Gasteiger partial charge >= 0.3 is 0 Å². The zero-order valence-electron chi connectivity index (χ0n) is 9.39. The second-order valence-corrected chi connectivity index (χ2v) is 4.54. The summed E-state index contributed by atoms with van der Waals surface area (Å²) >= 11 is 0. The van der Waals surface area contributed by atoms with Crippen LogP contribution >= 0.6 is 0 Å². The van der Waals surface area contributed by atoms with E-state index in [2.05, 4.69) is 10.3 Å². The maximum absolute atomic E-state index is 9.56. The molecule has 0 aliphatic heterocycles. The predicted molar refractivity (Wildman–Crippen MR) is 65.1 cm³/mol. The zero-order valence-corrected chi connectivity index (χ0v) is 9.39. The summed E-state index contributed by atoms with van der Waals surface area (Å²) in [6, 6.07) is 3.72. The van der Waals surface area contributed by atoms with E-state index in [0.29, 0.717) is 11.7 Å². The molecule has 1 aromatic rings. The van der Waals surface area contributed by atoms with Crippen LogP contribution in [-0.2, 0) is 0 Å². The molecular formula is C12H19N3O. The fraction of sp³-hybridized carbons (Fsp3) is 0.583. The molecule has 2 unspecified atom stereocenters. The first-order valence-electron chi connectivity index (χ1n) is 5.87. The van der Waals surface area contributed by atoms with Gasteiger partial charge in [0.15, 0.2) is 0 Å². The SMILES string of the molecule is Nc1ccc(NCC2CCCC(O)C2)cn1. The molecule has 0 bridgehead atoms. The van der Waals surface area contributed by atoms with Crippen molar-refractivity contribution in [3.63, 3.8) is 0 Å². The number of hydrogen-bond donors (Lipinski definition) is 3. The summed E-state index contributed by atoms with van der Waals surface area (Å²) in [4.78, 5) is 4.02. The quantitative estimate of drug-likeness (QED) is 0.725. The monoisotopic (exact) mass is 221 g/mol. The van der Waals surface area contributed by atoms with E-state index in [9.17, 15) is 5.11 Å². The third kappa shape index (κ3) is 3.10. The minimum atomic E-state index is -0.106. The van der Waals surface area contributed by atoms with Gasteiger partial charge in [-0.25, -0.2) is 4.98 Å². The van der Waals surface area contributed by atoms with Gasteiger partial charge in [-0.05, 0) is 37.3 Å². The van der Waals surface area contributed by atoms with Crippen LogP contribution < -0.4 is 11.1 Å². The summed E-state index contributed by atoms with van der Waals surface area (Å²) < 4.78 is 0. The summed E-state index contributed by atoms with van der Waals surface area (Å²) in [5.74, 6) is 1.11. The smallest absolute Gasteiger partial charge is 0.123 e. The lowest BCUT2D eigenvalue weighted by Gasteiger charge is -2.26. The van der Waals surface area contributed by atoms with E-state index < -0.39 is 0 Å². The minimum Gasteiger partial charge on any atom is -0.393 e. The van der Waals surface area contributed by atoms with E-state index in [1.807, 2.05) is 6.07 Å². The average Bonchev–Trinajstić information content (AvgIpc) is 2.28. The molecule has 1 aliphatic rings. The highest BCUT2D eigenvalue weighted by Crippen LogP contribution is 2.24. The molecule has 0 aromatic carbocycles. The minimum absolute atomic E-state index is 0.106. The van der Waals surface area contributed by atoms with E-state index in [1.165, 1.54) is 6.42 Å². The Labute approximate surface area is 95.9 Å². The van der Waals surface area contributed by atoms with Crippen molar-refractivity contribution in [2.45, 2.75) is 31.8 Å². The van der Waals surface area contributed by atoms with Crippen LogP contribution in [0.25, 0.3) is 0 Å². The number of nitrogens with two attached hydrogens (primary N) is 1. The normalized spacial score (nSPS) is 25.3. The van der Waals surface area contributed by atoms with Crippen molar-refractivity contribution < 1.29 is 5.11 Å². The van der Waals surface area contributed by atoms with Crippen molar-refractivity contribution in [2.24, 2.45) is 5.92 Å². The van der Waals surface area contributed by atoms with Gasteiger partial charge in [0.05, 0.1) is 18.0 Å². The molecule has 0 radical (unpaired) electrons.